The zero-order valence-corrected chi connectivity index (χ0v) is 15.4. The molecule has 0 fully saturated rings. The Morgan fingerprint density at radius 3 is 2.25 bits per heavy atom. The maximum absolute atomic E-state index is 13.0. The highest BCUT2D eigenvalue weighted by Gasteiger charge is 2.31. The first-order valence-electron chi connectivity index (χ1n) is 7.42. The van der Waals surface area contributed by atoms with Crippen LogP contribution < -0.4 is 4.90 Å². The number of amides is 1. The quantitative estimate of drug-likeness (QED) is 0.781. The minimum atomic E-state index is -3.26. The van der Waals surface area contributed by atoms with E-state index >= 15 is 0 Å². The lowest BCUT2D eigenvalue weighted by atomic mass is 10.1. The van der Waals surface area contributed by atoms with Crippen LogP contribution in [0.5, 0.6) is 0 Å². The van der Waals surface area contributed by atoms with Gasteiger partial charge in [0.2, 0.25) is 0 Å². The molecule has 0 aromatic heterocycles. The van der Waals surface area contributed by atoms with Crippen molar-refractivity contribution in [1.29, 1.82) is 0 Å². The Labute approximate surface area is 149 Å². The van der Waals surface area contributed by atoms with Crippen LogP contribution in [0.3, 0.4) is 0 Å². The third-order valence-electron chi connectivity index (χ3n) is 3.86. The van der Waals surface area contributed by atoms with Crippen LogP contribution in [-0.4, -0.2) is 26.1 Å². The number of rotatable bonds is 3. The molecule has 1 amide bonds. The van der Waals surface area contributed by atoms with Gasteiger partial charge in [0.05, 0.1) is 11.8 Å². The van der Waals surface area contributed by atoms with E-state index in [0.717, 1.165) is 10.0 Å². The fraction of sp³-hybridized carbons (Fsp3) is 0.167. The molecule has 1 heterocycles. The molecule has 1 atom stereocenters. The standard InChI is InChI=1S/C18H16BrNO3S/c1-13-2-8-16(9-3-13)20(17-10-11-24(22,23)12-17)18(21)14-4-6-15(19)7-5-14/h2-11,17H,12H2,1H3/t17-/m1/s1. The molecule has 0 aliphatic carbocycles. The Morgan fingerprint density at radius 2 is 1.71 bits per heavy atom. The van der Waals surface area contributed by atoms with E-state index in [1.54, 1.807) is 35.2 Å². The number of carbonyl (C=O) groups excluding carboxylic acids is 1. The number of sulfone groups is 1. The van der Waals surface area contributed by atoms with Gasteiger partial charge in [0.15, 0.2) is 9.84 Å². The van der Waals surface area contributed by atoms with E-state index in [1.807, 2.05) is 31.2 Å². The molecule has 0 radical (unpaired) electrons. The highest BCUT2D eigenvalue weighted by molar-refractivity contribution is 9.10. The molecule has 124 valence electrons. The number of hydrogen-bond donors (Lipinski definition) is 0. The Bertz CT molecular complexity index is 887. The van der Waals surface area contributed by atoms with Gasteiger partial charge in [-0.2, -0.15) is 0 Å². The van der Waals surface area contributed by atoms with E-state index in [1.165, 1.54) is 5.41 Å². The van der Waals surface area contributed by atoms with Crippen LogP contribution in [0, 0.1) is 6.92 Å². The summed E-state index contributed by atoms with van der Waals surface area (Å²) in [5, 5.41) is 1.19. The van der Waals surface area contributed by atoms with Gasteiger partial charge in [0.25, 0.3) is 5.91 Å². The molecule has 0 unspecified atom stereocenters. The summed E-state index contributed by atoms with van der Waals surface area (Å²) in [5.41, 5.74) is 2.26. The van der Waals surface area contributed by atoms with Gasteiger partial charge in [-0.15, -0.1) is 0 Å². The predicted molar refractivity (Wildman–Crippen MR) is 98.8 cm³/mol. The number of benzene rings is 2. The van der Waals surface area contributed by atoms with Crippen LogP contribution in [0.1, 0.15) is 15.9 Å². The van der Waals surface area contributed by atoms with Crippen molar-refractivity contribution in [3.63, 3.8) is 0 Å². The molecule has 0 N–H and O–H groups in total. The predicted octanol–water partition coefficient (Wildman–Crippen LogP) is 3.72. The molecular weight excluding hydrogens is 390 g/mol. The van der Waals surface area contributed by atoms with Crippen molar-refractivity contribution in [2.45, 2.75) is 13.0 Å². The summed E-state index contributed by atoms with van der Waals surface area (Å²) in [6, 6.07) is 14.0. The lowest BCUT2D eigenvalue weighted by Crippen LogP contribution is -2.41. The minimum Gasteiger partial charge on any atom is -0.300 e. The second-order valence-electron chi connectivity index (χ2n) is 5.74. The first-order chi connectivity index (χ1) is 11.4. The molecular formula is C18H16BrNO3S. The first-order valence-corrected chi connectivity index (χ1v) is 9.93. The molecule has 0 bridgehead atoms. The van der Waals surface area contributed by atoms with Gasteiger partial charge >= 0.3 is 0 Å². The number of halogens is 1. The molecule has 0 saturated carbocycles. The molecule has 4 nitrogen and oxygen atoms in total. The summed E-state index contributed by atoms with van der Waals surface area (Å²) in [4.78, 5) is 14.6. The monoisotopic (exact) mass is 405 g/mol. The fourth-order valence-corrected chi connectivity index (χ4v) is 4.15. The number of carbonyl (C=O) groups is 1. The van der Waals surface area contributed by atoms with Crippen molar-refractivity contribution < 1.29 is 13.2 Å². The van der Waals surface area contributed by atoms with Crippen molar-refractivity contribution in [2.75, 3.05) is 10.7 Å². The summed E-state index contributed by atoms with van der Waals surface area (Å²) in [6.07, 6.45) is 1.58. The zero-order chi connectivity index (χ0) is 17.3. The highest BCUT2D eigenvalue weighted by atomic mass is 79.9. The number of hydrogen-bond acceptors (Lipinski definition) is 3. The summed E-state index contributed by atoms with van der Waals surface area (Å²) in [6.45, 7) is 1.96. The van der Waals surface area contributed by atoms with Gasteiger partial charge in [0, 0.05) is 21.1 Å². The maximum atomic E-state index is 13.0. The molecule has 2 aromatic rings. The van der Waals surface area contributed by atoms with E-state index in [9.17, 15) is 13.2 Å². The van der Waals surface area contributed by atoms with Gasteiger partial charge in [0.1, 0.15) is 0 Å². The molecule has 3 rings (SSSR count). The summed E-state index contributed by atoms with van der Waals surface area (Å²) < 4.78 is 24.5. The Hall–Kier alpha value is -1.92. The normalized spacial score (nSPS) is 18.5. The number of aryl methyl sites for hydroxylation is 1. The maximum Gasteiger partial charge on any atom is 0.258 e. The van der Waals surface area contributed by atoms with Gasteiger partial charge in [-0.3, -0.25) is 4.79 Å². The summed E-state index contributed by atoms with van der Waals surface area (Å²) >= 11 is 3.35. The van der Waals surface area contributed by atoms with Crippen LogP contribution in [0.15, 0.2) is 64.5 Å². The van der Waals surface area contributed by atoms with Crippen molar-refractivity contribution in [3.8, 4) is 0 Å². The van der Waals surface area contributed by atoms with Gasteiger partial charge in [-0.05, 0) is 49.4 Å². The second-order valence-corrected chi connectivity index (χ2v) is 8.59. The van der Waals surface area contributed by atoms with Gasteiger partial charge in [-0.1, -0.05) is 33.6 Å². The average molecular weight is 406 g/mol. The zero-order valence-electron chi connectivity index (χ0n) is 13.0. The van der Waals surface area contributed by atoms with Crippen LogP contribution in [0.4, 0.5) is 5.69 Å². The third kappa shape index (κ3) is 3.60. The Balaban J connectivity index is 2.01. The summed E-state index contributed by atoms with van der Waals surface area (Å²) in [7, 11) is -3.26. The molecule has 0 saturated heterocycles. The van der Waals surface area contributed by atoms with Gasteiger partial charge in [-0.25, -0.2) is 8.42 Å². The molecule has 24 heavy (non-hydrogen) atoms. The lowest BCUT2D eigenvalue weighted by Gasteiger charge is -2.28. The van der Waals surface area contributed by atoms with E-state index in [-0.39, 0.29) is 11.7 Å². The van der Waals surface area contributed by atoms with E-state index in [4.69, 9.17) is 0 Å². The highest BCUT2D eigenvalue weighted by Crippen LogP contribution is 2.25. The topological polar surface area (TPSA) is 54.5 Å². The van der Waals surface area contributed by atoms with Gasteiger partial charge < -0.3 is 4.90 Å². The van der Waals surface area contributed by atoms with E-state index in [2.05, 4.69) is 15.9 Å². The fourth-order valence-electron chi connectivity index (χ4n) is 2.62. The average Bonchev–Trinajstić information content (AvgIpc) is 2.90. The molecule has 2 aromatic carbocycles. The number of nitrogens with zero attached hydrogens (tertiary/aromatic N) is 1. The van der Waals surface area contributed by atoms with Crippen molar-refractivity contribution in [1.82, 2.24) is 0 Å². The van der Waals surface area contributed by atoms with Crippen molar-refractivity contribution in [3.05, 3.63) is 75.6 Å². The SMILES string of the molecule is Cc1ccc(N(C(=O)c2ccc(Br)cc2)[C@@H]2C=CS(=O)(=O)C2)cc1. The third-order valence-corrected chi connectivity index (χ3v) is 5.77. The second kappa shape index (κ2) is 6.53. The Kier molecular flexibility index (Phi) is 4.60. The molecule has 6 heteroatoms. The van der Waals surface area contributed by atoms with Crippen molar-refractivity contribution >= 4 is 37.4 Å². The van der Waals surface area contributed by atoms with Crippen LogP contribution in [0.2, 0.25) is 0 Å². The summed E-state index contributed by atoms with van der Waals surface area (Å²) in [5.74, 6) is -0.318. The molecule has 1 aliphatic heterocycles. The molecule has 0 spiro atoms. The Morgan fingerprint density at radius 1 is 1.08 bits per heavy atom. The lowest BCUT2D eigenvalue weighted by molar-refractivity contribution is 0.0983. The van der Waals surface area contributed by atoms with E-state index < -0.39 is 15.9 Å². The van der Waals surface area contributed by atoms with Crippen LogP contribution in [0.25, 0.3) is 0 Å². The van der Waals surface area contributed by atoms with Crippen LogP contribution >= 0.6 is 15.9 Å². The molecule has 1 aliphatic rings. The largest absolute Gasteiger partial charge is 0.300 e. The van der Waals surface area contributed by atoms with Crippen molar-refractivity contribution in [2.24, 2.45) is 0 Å². The minimum absolute atomic E-state index is 0.0941. The van der Waals surface area contributed by atoms with Crippen LogP contribution in [-0.2, 0) is 9.84 Å². The first kappa shape index (κ1) is 16.9. The smallest absolute Gasteiger partial charge is 0.258 e. The number of anilines is 1. The van der Waals surface area contributed by atoms with E-state index in [0.29, 0.717) is 11.3 Å².